The lowest BCUT2D eigenvalue weighted by Crippen LogP contribution is -2.29. The van der Waals surface area contributed by atoms with E-state index >= 15 is 0 Å². The van der Waals surface area contributed by atoms with Crippen LogP contribution in [0.15, 0.2) is 67.3 Å². The van der Waals surface area contributed by atoms with Crippen molar-refractivity contribution in [3.63, 3.8) is 0 Å². The number of aromatic hydroxyl groups is 1. The van der Waals surface area contributed by atoms with E-state index < -0.39 is 5.60 Å². The van der Waals surface area contributed by atoms with Crippen LogP contribution < -0.4 is 0 Å². The molecule has 2 N–H and O–H groups in total. The summed E-state index contributed by atoms with van der Waals surface area (Å²) in [4.78, 5) is 0. The van der Waals surface area contributed by atoms with Crippen LogP contribution in [0.4, 0.5) is 0 Å². The van der Waals surface area contributed by atoms with Gasteiger partial charge >= 0.3 is 0 Å². The van der Waals surface area contributed by atoms with Crippen LogP contribution in [-0.4, -0.2) is 14.8 Å². The fraction of sp³-hybridized carbons (Fsp3) is 0.158. The Labute approximate surface area is 129 Å². The molecule has 0 aliphatic rings. The zero-order valence-corrected chi connectivity index (χ0v) is 12.5. The highest BCUT2D eigenvalue weighted by Gasteiger charge is 2.35. The predicted molar refractivity (Wildman–Crippen MR) is 88.8 cm³/mol. The molecule has 3 heteroatoms. The van der Waals surface area contributed by atoms with Gasteiger partial charge in [0.2, 0.25) is 0 Å². The van der Waals surface area contributed by atoms with Crippen LogP contribution in [0.25, 0.3) is 10.9 Å². The summed E-state index contributed by atoms with van der Waals surface area (Å²) in [5.41, 5.74) is 0.937. The van der Waals surface area contributed by atoms with Gasteiger partial charge in [-0.2, -0.15) is 0 Å². The molecule has 0 bridgehead atoms. The van der Waals surface area contributed by atoms with Crippen LogP contribution in [0, 0.1) is 0 Å². The number of nitrogens with zero attached hydrogens (tertiary/aromatic N) is 1. The molecule has 3 nitrogen and oxygen atoms in total. The Kier molecular flexibility index (Phi) is 3.51. The van der Waals surface area contributed by atoms with Gasteiger partial charge in [-0.15, -0.1) is 6.58 Å². The first-order chi connectivity index (χ1) is 10.6. The van der Waals surface area contributed by atoms with Crippen LogP contribution in [0.2, 0.25) is 0 Å². The number of aliphatic hydroxyl groups is 1. The number of rotatable bonds is 4. The maximum absolute atomic E-state index is 11.4. The smallest absolute Gasteiger partial charge is 0.136 e. The Morgan fingerprint density at radius 3 is 2.50 bits per heavy atom. The van der Waals surface area contributed by atoms with Gasteiger partial charge in [-0.05, 0) is 23.6 Å². The molecule has 0 aliphatic heterocycles. The van der Waals surface area contributed by atoms with Crippen molar-refractivity contribution in [2.24, 2.45) is 7.05 Å². The number of phenolic OH excluding ortho intramolecular Hbond substituents is 1. The van der Waals surface area contributed by atoms with E-state index in [2.05, 4.69) is 6.58 Å². The van der Waals surface area contributed by atoms with Crippen LogP contribution in [0.1, 0.15) is 17.7 Å². The van der Waals surface area contributed by atoms with Gasteiger partial charge in [-0.25, -0.2) is 0 Å². The van der Waals surface area contributed by atoms with Gasteiger partial charge in [0.05, 0.1) is 5.69 Å². The minimum atomic E-state index is -1.32. The zero-order chi connectivity index (χ0) is 15.7. The highest BCUT2D eigenvalue weighted by Crippen LogP contribution is 2.39. The minimum Gasteiger partial charge on any atom is -0.508 e. The monoisotopic (exact) mass is 293 g/mol. The Bertz CT molecular complexity index is 834. The predicted octanol–water partition coefficient (Wildman–Crippen LogP) is 3.70. The molecule has 0 aliphatic carbocycles. The maximum Gasteiger partial charge on any atom is 0.136 e. The number of para-hydroxylation sites is 2. The molecule has 0 fully saturated rings. The third-order valence-corrected chi connectivity index (χ3v) is 4.16. The van der Waals surface area contributed by atoms with Gasteiger partial charge in [0.1, 0.15) is 11.4 Å². The van der Waals surface area contributed by atoms with Crippen molar-refractivity contribution in [3.8, 4) is 5.75 Å². The molecule has 0 saturated carbocycles. The SMILES string of the molecule is C=CC[C@@](O)(c1ccccc1O)c1cc2ccccc2n1C. The van der Waals surface area contributed by atoms with Crippen molar-refractivity contribution < 1.29 is 10.2 Å². The molecule has 1 heterocycles. The number of hydrogen-bond donors (Lipinski definition) is 2. The number of aromatic nitrogens is 1. The molecular formula is C19H19NO2. The maximum atomic E-state index is 11.4. The first-order valence-electron chi connectivity index (χ1n) is 7.24. The van der Waals surface area contributed by atoms with Gasteiger partial charge in [0.15, 0.2) is 0 Å². The fourth-order valence-electron chi connectivity index (χ4n) is 3.07. The molecule has 112 valence electrons. The number of aryl methyl sites for hydroxylation is 1. The summed E-state index contributed by atoms with van der Waals surface area (Å²) in [5, 5.41) is 22.6. The second-order valence-electron chi connectivity index (χ2n) is 5.52. The summed E-state index contributed by atoms with van der Waals surface area (Å²) < 4.78 is 1.96. The van der Waals surface area contributed by atoms with E-state index in [-0.39, 0.29) is 5.75 Å². The van der Waals surface area contributed by atoms with Crippen LogP contribution in [0.3, 0.4) is 0 Å². The van der Waals surface area contributed by atoms with Crippen molar-refractivity contribution >= 4 is 10.9 Å². The van der Waals surface area contributed by atoms with Crippen LogP contribution >= 0.6 is 0 Å². The summed E-state index contributed by atoms with van der Waals surface area (Å²) in [6.07, 6.45) is 1.98. The van der Waals surface area contributed by atoms with Gasteiger partial charge in [-0.3, -0.25) is 0 Å². The molecule has 1 aromatic heterocycles. The van der Waals surface area contributed by atoms with Crippen molar-refractivity contribution in [3.05, 3.63) is 78.5 Å². The molecule has 22 heavy (non-hydrogen) atoms. The molecule has 0 amide bonds. The highest BCUT2D eigenvalue weighted by molar-refractivity contribution is 5.81. The Balaban J connectivity index is 2.28. The molecule has 0 unspecified atom stereocenters. The Morgan fingerprint density at radius 1 is 1.14 bits per heavy atom. The lowest BCUT2D eigenvalue weighted by atomic mass is 9.86. The van der Waals surface area contributed by atoms with Crippen LogP contribution in [0.5, 0.6) is 5.75 Å². The lowest BCUT2D eigenvalue weighted by Gasteiger charge is -2.29. The molecule has 0 saturated heterocycles. The first kappa shape index (κ1) is 14.4. The van der Waals surface area contributed by atoms with Gasteiger partial charge < -0.3 is 14.8 Å². The summed E-state index contributed by atoms with van der Waals surface area (Å²) >= 11 is 0. The molecule has 0 radical (unpaired) electrons. The normalized spacial score (nSPS) is 13.9. The summed E-state index contributed by atoms with van der Waals surface area (Å²) in [7, 11) is 1.92. The van der Waals surface area contributed by atoms with Gasteiger partial charge in [0, 0.05) is 24.5 Å². The van der Waals surface area contributed by atoms with E-state index in [1.165, 1.54) is 0 Å². The van der Waals surface area contributed by atoms with E-state index in [0.29, 0.717) is 12.0 Å². The van der Waals surface area contributed by atoms with Crippen LogP contribution in [-0.2, 0) is 12.6 Å². The lowest BCUT2D eigenvalue weighted by molar-refractivity contribution is 0.0742. The fourth-order valence-corrected chi connectivity index (χ4v) is 3.07. The number of fused-ring (bicyclic) bond motifs is 1. The Morgan fingerprint density at radius 2 is 1.82 bits per heavy atom. The quantitative estimate of drug-likeness (QED) is 0.721. The third kappa shape index (κ3) is 2.11. The zero-order valence-electron chi connectivity index (χ0n) is 12.5. The van der Waals surface area contributed by atoms with E-state index in [1.54, 1.807) is 24.3 Å². The first-order valence-corrected chi connectivity index (χ1v) is 7.24. The number of hydrogen-bond acceptors (Lipinski definition) is 2. The molecule has 3 rings (SSSR count). The average Bonchev–Trinajstić information content (AvgIpc) is 2.86. The van der Waals surface area contributed by atoms with Gasteiger partial charge in [0.25, 0.3) is 0 Å². The molecule has 2 aromatic carbocycles. The summed E-state index contributed by atoms with van der Waals surface area (Å²) in [5.74, 6) is 0.0807. The number of benzene rings is 2. The second kappa shape index (κ2) is 5.35. The standard InChI is InChI=1S/C19H19NO2/c1-3-12-19(22,15-9-5-7-11-17(15)21)18-13-14-8-4-6-10-16(14)20(18)2/h3-11,13,21-22H,1,12H2,2H3/t19-/m1/s1. The van der Waals surface area contributed by atoms with E-state index in [1.807, 2.05) is 48.0 Å². The molecule has 1 atom stereocenters. The molecule has 3 aromatic rings. The van der Waals surface area contributed by atoms with E-state index in [4.69, 9.17) is 0 Å². The van der Waals surface area contributed by atoms with Crippen molar-refractivity contribution in [2.45, 2.75) is 12.0 Å². The number of phenols is 1. The van der Waals surface area contributed by atoms with E-state index in [0.717, 1.165) is 16.6 Å². The Hall–Kier alpha value is -2.52. The van der Waals surface area contributed by atoms with Gasteiger partial charge in [-0.1, -0.05) is 42.5 Å². The summed E-state index contributed by atoms with van der Waals surface area (Å²) in [6.45, 7) is 3.76. The average molecular weight is 293 g/mol. The van der Waals surface area contributed by atoms with Crippen molar-refractivity contribution in [2.75, 3.05) is 0 Å². The second-order valence-corrected chi connectivity index (χ2v) is 5.52. The topological polar surface area (TPSA) is 45.4 Å². The van der Waals surface area contributed by atoms with Crippen molar-refractivity contribution in [1.29, 1.82) is 0 Å². The largest absolute Gasteiger partial charge is 0.508 e. The summed E-state index contributed by atoms with van der Waals surface area (Å²) in [6, 6.07) is 16.8. The van der Waals surface area contributed by atoms with E-state index in [9.17, 15) is 10.2 Å². The molecular weight excluding hydrogens is 274 g/mol. The highest BCUT2D eigenvalue weighted by atomic mass is 16.3. The minimum absolute atomic E-state index is 0.0807. The third-order valence-electron chi connectivity index (χ3n) is 4.16. The van der Waals surface area contributed by atoms with Crippen molar-refractivity contribution in [1.82, 2.24) is 4.57 Å². The molecule has 0 spiro atoms.